The Morgan fingerprint density at radius 3 is 2.25 bits per heavy atom. The first kappa shape index (κ1) is 16.2. The molecule has 1 saturated heterocycles. The van der Waals surface area contributed by atoms with E-state index in [1.807, 2.05) is 4.90 Å². The molecule has 8 nitrogen and oxygen atoms in total. The number of carbonyl (C=O) groups excluding carboxylic acids is 1. The van der Waals surface area contributed by atoms with Crippen LogP contribution in [0.5, 0.6) is 0 Å². The van der Waals surface area contributed by atoms with Crippen molar-refractivity contribution in [1.29, 1.82) is 0 Å². The average Bonchev–Trinajstić information content (AvgIpc) is 2.53. The molecule has 1 aliphatic carbocycles. The zero-order chi connectivity index (χ0) is 17.3. The normalized spacial score (nSPS) is 23.5. The third kappa shape index (κ3) is 2.91. The van der Waals surface area contributed by atoms with Gasteiger partial charge in [-0.15, -0.1) is 0 Å². The Bertz CT molecular complexity index is 669. The molecular formula is C16H19N3O5. The van der Waals surface area contributed by atoms with Crippen LogP contribution in [-0.4, -0.2) is 53.0 Å². The Morgan fingerprint density at radius 1 is 1.08 bits per heavy atom. The van der Waals surface area contributed by atoms with E-state index < -0.39 is 22.7 Å². The van der Waals surface area contributed by atoms with Crippen LogP contribution in [0.4, 0.5) is 11.4 Å². The molecule has 0 spiro atoms. The van der Waals surface area contributed by atoms with Gasteiger partial charge in [0.15, 0.2) is 0 Å². The van der Waals surface area contributed by atoms with Crippen molar-refractivity contribution in [2.75, 3.05) is 31.1 Å². The zero-order valence-corrected chi connectivity index (χ0v) is 13.1. The number of nitro groups is 1. The zero-order valence-electron chi connectivity index (χ0n) is 13.1. The van der Waals surface area contributed by atoms with E-state index in [9.17, 15) is 19.7 Å². The number of carboxylic acids is 1. The molecule has 2 fully saturated rings. The largest absolute Gasteiger partial charge is 0.481 e. The van der Waals surface area contributed by atoms with Crippen LogP contribution in [0.25, 0.3) is 0 Å². The fourth-order valence-corrected chi connectivity index (χ4v) is 3.38. The summed E-state index contributed by atoms with van der Waals surface area (Å²) in [6, 6.07) is 6.57. The number of amides is 1. The standard InChI is InChI=1S/C16H19N3O5/c20-15(11-5-6-12(11)16(21)22)18-9-7-17(8-10-18)13-3-1-2-4-14(13)19(23)24/h1-4,11-12H,5-10H2,(H,21,22). The monoisotopic (exact) mass is 333 g/mol. The predicted molar refractivity (Wildman–Crippen MR) is 85.7 cm³/mol. The molecular weight excluding hydrogens is 314 g/mol. The lowest BCUT2D eigenvalue weighted by Crippen LogP contribution is -2.53. The Kier molecular flexibility index (Phi) is 4.37. The number of piperazine rings is 1. The van der Waals surface area contributed by atoms with Gasteiger partial charge in [-0.3, -0.25) is 19.7 Å². The second kappa shape index (κ2) is 6.46. The highest BCUT2D eigenvalue weighted by Crippen LogP contribution is 2.36. The third-order valence-corrected chi connectivity index (χ3v) is 4.92. The van der Waals surface area contributed by atoms with Gasteiger partial charge in [0.05, 0.1) is 16.8 Å². The quantitative estimate of drug-likeness (QED) is 0.659. The molecule has 1 aliphatic heterocycles. The number of nitrogens with zero attached hydrogens (tertiary/aromatic N) is 3. The van der Waals surface area contributed by atoms with E-state index >= 15 is 0 Å². The Morgan fingerprint density at radius 2 is 1.71 bits per heavy atom. The molecule has 2 atom stereocenters. The smallest absolute Gasteiger partial charge is 0.307 e. The lowest BCUT2D eigenvalue weighted by atomic mass is 9.73. The molecule has 1 saturated carbocycles. The molecule has 2 aliphatic rings. The van der Waals surface area contributed by atoms with E-state index in [-0.39, 0.29) is 11.6 Å². The number of aliphatic carboxylic acids is 1. The summed E-state index contributed by atoms with van der Waals surface area (Å²) < 4.78 is 0. The van der Waals surface area contributed by atoms with E-state index in [0.717, 1.165) is 0 Å². The Hall–Kier alpha value is -2.64. The van der Waals surface area contributed by atoms with Gasteiger partial charge in [0.1, 0.15) is 5.69 Å². The number of hydrogen-bond acceptors (Lipinski definition) is 5. The summed E-state index contributed by atoms with van der Waals surface area (Å²) in [5.41, 5.74) is 0.615. The molecule has 0 radical (unpaired) electrons. The topological polar surface area (TPSA) is 104 Å². The summed E-state index contributed by atoms with van der Waals surface area (Å²) in [6.45, 7) is 1.91. The number of benzene rings is 1. The van der Waals surface area contributed by atoms with E-state index in [1.54, 1.807) is 23.1 Å². The molecule has 1 N–H and O–H groups in total. The molecule has 0 bridgehead atoms. The first-order valence-electron chi connectivity index (χ1n) is 7.99. The van der Waals surface area contributed by atoms with Crippen LogP contribution in [0.2, 0.25) is 0 Å². The van der Waals surface area contributed by atoms with Gasteiger partial charge < -0.3 is 14.9 Å². The summed E-state index contributed by atoms with van der Waals surface area (Å²) >= 11 is 0. The van der Waals surface area contributed by atoms with Crippen LogP contribution in [-0.2, 0) is 9.59 Å². The van der Waals surface area contributed by atoms with Gasteiger partial charge in [0, 0.05) is 32.2 Å². The van der Waals surface area contributed by atoms with Crippen LogP contribution in [0.15, 0.2) is 24.3 Å². The van der Waals surface area contributed by atoms with Gasteiger partial charge in [-0.05, 0) is 18.9 Å². The summed E-state index contributed by atoms with van der Waals surface area (Å²) in [5, 5.41) is 20.2. The maximum absolute atomic E-state index is 12.4. The summed E-state index contributed by atoms with van der Waals surface area (Å²) in [4.78, 5) is 37.8. The van der Waals surface area contributed by atoms with Crippen molar-refractivity contribution in [2.24, 2.45) is 11.8 Å². The van der Waals surface area contributed by atoms with Crippen molar-refractivity contribution < 1.29 is 19.6 Å². The molecule has 2 unspecified atom stereocenters. The van der Waals surface area contributed by atoms with E-state index in [4.69, 9.17) is 5.11 Å². The van der Waals surface area contributed by atoms with Gasteiger partial charge >= 0.3 is 5.97 Å². The van der Waals surface area contributed by atoms with Crippen LogP contribution < -0.4 is 4.90 Å². The number of hydrogen-bond donors (Lipinski definition) is 1. The van der Waals surface area contributed by atoms with Crippen molar-refractivity contribution >= 4 is 23.3 Å². The molecule has 1 heterocycles. The van der Waals surface area contributed by atoms with Crippen molar-refractivity contribution in [3.63, 3.8) is 0 Å². The first-order valence-corrected chi connectivity index (χ1v) is 7.99. The molecule has 1 aromatic carbocycles. The number of rotatable bonds is 4. The second-order valence-corrected chi connectivity index (χ2v) is 6.19. The molecule has 3 rings (SSSR count). The van der Waals surface area contributed by atoms with E-state index in [2.05, 4.69) is 0 Å². The second-order valence-electron chi connectivity index (χ2n) is 6.19. The summed E-state index contributed by atoms with van der Waals surface area (Å²) in [7, 11) is 0. The Balaban J connectivity index is 1.63. The van der Waals surface area contributed by atoms with Gasteiger partial charge in [0.25, 0.3) is 5.69 Å². The van der Waals surface area contributed by atoms with Gasteiger partial charge in [0.2, 0.25) is 5.91 Å². The Labute approximate surface area is 138 Å². The average molecular weight is 333 g/mol. The number of anilines is 1. The minimum Gasteiger partial charge on any atom is -0.481 e. The SMILES string of the molecule is O=C(O)C1CCC1C(=O)N1CCN(c2ccccc2[N+](=O)[O-])CC1. The fraction of sp³-hybridized carbons (Fsp3) is 0.500. The van der Waals surface area contributed by atoms with Crippen LogP contribution in [0.1, 0.15) is 12.8 Å². The number of carbonyl (C=O) groups is 2. The first-order chi connectivity index (χ1) is 11.5. The number of para-hydroxylation sites is 2. The van der Waals surface area contributed by atoms with Crippen molar-refractivity contribution in [3.8, 4) is 0 Å². The van der Waals surface area contributed by atoms with E-state index in [0.29, 0.717) is 44.7 Å². The summed E-state index contributed by atoms with van der Waals surface area (Å²) in [6.07, 6.45) is 1.18. The van der Waals surface area contributed by atoms with Crippen molar-refractivity contribution in [1.82, 2.24) is 4.90 Å². The van der Waals surface area contributed by atoms with Crippen molar-refractivity contribution in [2.45, 2.75) is 12.8 Å². The number of carboxylic acid groups (broad SMARTS) is 1. The van der Waals surface area contributed by atoms with Crippen molar-refractivity contribution in [3.05, 3.63) is 34.4 Å². The molecule has 128 valence electrons. The highest BCUT2D eigenvalue weighted by atomic mass is 16.6. The highest BCUT2D eigenvalue weighted by Gasteiger charge is 2.43. The van der Waals surface area contributed by atoms with Gasteiger partial charge in [-0.2, -0.15) is 0 Å². The third-order valence-electron chi connectivity index (χ3n) is 4.92. The molecule has 8 heteroatoms. The lowest BCUT2D eigenvalue weighted by molar-refractivity contribution is -0.384. The van der Waals surface area contributed by atoms with Crippen LogP contribution in [0, 0.1) is 22.0 Å². The molecule has 0 aromatic heterocycles. The minimum absolute atomic E-state index is 0.0576. The molecule has 24 heavy (non-hydrogen) atoms. The summed E-state index contributed by atoms with van der Waals surface area (Å²) in [5.74, 6) is -1.99. The fourth-order valence-electron chi connectivity index (χ4n) is 3.38. The molecule has 1 amide bonds. The van der Waals surface area contributed by atoms with Crippen LogP contribution >= 0.6 is 0 Å². The number of nitro benzene ring substituents is 1. The van der Waals surface area contributed by atoms with Gasteiger partial charge in [-0.25, -0.2) is 0 Å². The maximum Gasteiger partial charge on any atom is 0.307 e. The predicted octanol–water partition coefficient (Wildman–Crippen LogP) is 1.35. The van der Waals surface area contributed by atoms with E-state index in [1.165, 1.54) is 6.07 Å². The minimum atomic E-state index is -0.904. The molecule has 1 aromatic rings. The van der Waals surface area contributed by atoms with Crippen LogP contribution in [0.3, 0.4) is 0 Å². The van der Waals surface area contributed by atoms with Gasteiger partial charge in [-0.1, -0.05) is 12.1 Å². The highest BCUT2D eigenvalue weighted by molar-refractivity contribution is 5.86. The maximum atomic E-state index is 12.4. The lowest BCUT2D eigenvalue weighted by Gasteiger charge is -2.40.